The summed E-state index contributed by atoms with van der Waals surface area (Å²) in [5.41, 5.74) is 6.35. The van der Waals surface area contributed by atoms with Crippen LogP contribution >= 0.6 is 0 Å². The van der Waals surface area contributed by atoms with Gasteiger partial charge in [-0.2, -0.15) is 0 Å². The highest BCUT2D eigenvalue weighted by molar-refractivity contribution is 5.73. The van der Waals surface area contributed by atoms with Crippen molar-refractivity contribution in [3.63, 3.8) is 0 Å². The predicted molar refractivity (Wildman–Crippen MR) is 93.3 cm³/mol. The first-order valence-electron chi connectivity index (χ1n) is 7.05. The van der Waals surface area contributed by atoms with Crippen LogP contribution in [-0.2, 0) is 0 Å². The van der Waals surface area contributed by atoms with Crippen LogP contribution in [0.25, 0.3) is 22.3 Å². The summed E-state index contributed by atoms with van der Waals surface area (Å²) < 4.78 is 0. The van der Waals surface area contributed by atoms with E-state index < -0.39 is 0 Å². The minimum atomic E-state index is 1.26. The second-order valence-corrected chi connectivity index (χ2v) is 4.81. The minimum absolute atomic E-state index is 1.26. The summed E-state index contributed by atoms with van der Waals surface area (Å²) in [6.07, 6.45) is 0. The maximum absolute atomic E-state index is 3.00. The third kappa shape index (κ3) is 3.70. The van der Waals surface area contributed by atoms with Gasteiger partial charge in [0.05, 0.1) is 0 Å². The Morgan fingerprint density at radius 3 is 1.57 bits per heavy atom. The van der Waals surface area contributed by atoms with Gasteiger partial charge in [-0.25, -0.2) is 0 Å². The van der Waals surface area contributed by atoms with Crippen molar-refractivity contribution in [2.45, 2.75) is 6.92 Å². The molecule has 0 amide bonds. The largest absolute Gasteiger partial charge is 0.106 e. The minimum Gasteiger partial charge on any atom is -0.106 e. The Hall–Kier alpha value is -2.60. The fourth-order valence-corrected chi connectivity index (χ4v) is 2.25. The molecule has 0 bridgehead atoms. The molecule has 21 heavy (non-hydrogen) atoms. The molecular weight excluding hydrogens is 252 g/mol. The van der Waals surface area contributed by atoms with E-state index in [0.717, 1.165) is 0 Å². The molecule has 0 unspecified atom stereocenters. The Kier molecular flexibility index (Phi) is 5.11. The van der Waals surface area contributed by atoms with E-state index in [0.29, 0.717) is 0 Å². The monoisotopic (exact) mass is 272 g/mol. The SMILES string of the molecule is C=C.Cc1ccc(-c2cccc(-c3ccccc3)c2)cc1. The van der Waals surface area contributed by atoms with Crippen molar-refractivity contribution in [3.05, 3.63) is 97.6 Å². The van der Waals surface area contributed by atoms with Gasteiger partial charge in [-0.15, -0.1) is 13.2 Å². The van der Waals surface area contributed by atoms with Crippen molar-refractivity contribution >= 4 is 0 Å². The van der Waals surface area contributed by atoms with E-state index >= 15 is 0 Å². The third-order valence-electron chi connectivity index (χ3n) is 3.35. The molecule has 0 atom stereocenters. The van der Waals surface area contributed by atoms with Crippen molar-refractivity contribution < 1.29 is 0 Å². The molecule has 0 saturated carbocycles. The number of rotatable bonds is 2. The number of benzene rings is 3. The second kappa shape index (κ2) is 7.25. The van der Waals surface area contributed by atoms with Gasteiger partial charge < -0.3 is 0 Å². The van der Waals surface area contributed by atoms with Gasteiger partial charge in [0, 0.05) is 0 Å². The number of hydrogen-bond donors (Lipinski definition) is 0. The van der Waals surface area contributed by atoms with Crippen LogP contribution in [0.3, 0.4) is 0 Å². The lowest BCUT2D eigenvalue weighted by molar-refractivity contribution is 1.47. The van der Waals surface area contributed by atoms with Gasteiger partial charge in [-0.05, 0) is 35.2 Å². The van der Waals surface area contributed by atoms with Crippen LogP contribution in [-0.4, -0.2) is 0 Å². The second-order valence-electron chi connectivity index (χ2n) is 4.81. The third-order valence-corrected chi connectivity index (χ3v) is 3.35. The zero-order valence-electron chi connectivity index (χ0n) is 12.4. The molecule has 3 aromatic rings. The highest BCUT2D eigenvalue weighted by atomic mass is 14.1. The summed E-state index contributed by atoms with van der Waals surface area (Å²) in [5, 5.41) is 0. The first-order valence-corrected chi connectivity index (χ1v) is 7.05. The molecular formula is C21H20. The maximum Gasteiger partial charge on any atom is -0.0178 e. The molecule has 3 aromatic carbocycles. The molecule has 104 valence electrons. The zero-order valence-corrected chi connectivity index (χ0v) is 12.4. The molecule has 0 heteroatoms. The topological polar surface area (TPSA) is 0 Å². The molecule has 0 aliphatic heterocycles. The summed E-state index contributed by atoms with van der Waals surface area (Å²) in [7, 11) is 0. The van der Waals surface area contributed by atoms with E-state index in [9.17, 15) is 0 Å². The van der Waals surface area contributed by atoms with Gasteiger partial charge >= 0.3 is 0 Å². The summed E-state index contributed by atoms with van der Waals surface area (Å²) in [6.45, 7) is 8.12. The van der Waals surface area contributed by atoms with Gasteiger partial charge in [0.25, 0.3) is 0 Å². The van der Waals surface area contributed by atoms with Crippen LogP contribution in [0.5, 0.6) is 0 Å². The van der Waals surface area contributed by atoms with Crippen molar-refractivity contribution in [1.29, 1.82) is 0 Å². The molecule has 3 rings (SSSR count). The van der Waals surface area contributed by atoms with Crippen molar-refractivity contribution in [3.8, 4) is 22.3 Å². The van der Waals surface area contributed by atoms with Crippen molar-refractivity contribution in [2.75, 3.05) is 0 Å². The van der Waals surface area contributed by atoms with Gasteiger partial charge in [-0.3, -0.25) is 0 Å². The van der Waals surface area contributed by atoms with Crippen LogP contribution in [0.2, 0.25) is 0 Å². The Bertz CT molecular complexity index is 679. The summed E-state index contributed by atoms with van der Waals surface area (Å²) >= 11 is 0. The molecule has 0 fully saturated rings. The predicted octanol–water partition coefficient (Wildman–Crippen LogP) is 6.13. The molecule has 0 aromatic heterocycles. The highest BCUT2D eigenvalue weighted by Crippen LogP contribution is 2.26. The average molecular weight is 272 g/mol. The normalized spacial score (nSPS) is 9.57. The Labute approximate surface area is 127 Å². The summed E-state index contributed by atoms with van der Waals surface area (Å²) in [5.74, 6) is 0. The van der Waals surface area contributed by atoms with E-state index in [4.69, 9.17) is 0 Å². The molecule has 0 nitrogen and oxygen atoms in total. The van der Waals surface area contributed by atoms with Crippen molar-refractivity contribution in [1.82, 2.24) is 0 Å². The molecule has 0 heterocycles. The lowest BCUT2D eigenvalue weighted by Crippen LogP contribution is -1.81. The van der Waals surface area contributed by atoms with Crippen LogP contribution in [0.1, 0.15) is 5.56 Å². The van der Waals surface area contributed by atoms with E-state index in [-0.39, 0.29) is 0 Å². The summed E-state index contributed by atoms with van der Waals surface area (Å²) in [6, 6.07) is 27.9. The highest BCUT2D eigenvalue weighted by Gasteiger charge is 2.00. The number of aryl methyl sites for hydroxylation is 1. The van der Waals surface area contributed by atoms with Crippen LogP contribution in [0.4, 0.5) is 0 Å². The zero-order chi connectivity index (χ0) is 15.1. The van der Waals surface area contributed by atoms with Gasteiger partial charge in [0.1, 0.15) is 0 Å². The average Bonchev–Trinajstić information content (AvgIpc) is 2.58. The van der Waals surface area contributed by atoms with E-state index in [1.54, 1.807) is 0 Å². The molecule has 0 saturated heterocycles. The lowest BCUT2D eigenvalue weighted by Gasteiger charge is -2.06. The smallest absolute Gasteiger partial charge is 0.0178 e. The van der Waals surface area contributed by atoms with Gasteiger partial charge in [-0.1, -0.05) is 78.4 Å². The van der Waals surface area contributed by atoms with Gasteiger partial charge in [0.15, 0.2) is 0 Å². The fraction of sp³-hybridized carbons (Fsp3) is 0.0476. The first kappa shape index (κ1) is 14.8. The summed E-state index contributed by atoms with van der Waals surface area (Å²) in [4.78, 5) is 0. The van der Waals surface area contributed by atoms with Gasteiger partial charge in [0.2, 0.25) is 0 Å². The standard InChI is InChI=1S/C19H16.C2H4/c1-15-10-12-17(13-11-15)19-9-5-8-18(14-19)16-6-3-2-4-7-16;1-2/h2-14H,1H3;1-2H2. The quantitative estimate of drug-likeness (QED) is 0.492. The van der Waals surface area contributed by atoms with E-state index in [2.05, 4.69) is 92.9 Å². The first-order chi connectivity index (χ1) is 10.3. The van der Waals surface area contributed by atoms with Crippen molar-refractivity contribution in [2.24, 2.45) is 0 Å². The lowest BCUT2D eigenvalue weighted by atomic mass is 9.99. The molecule has 0 aliphatic carbocycles. The Morgan fingerprint density at radius 2 is 1.00 bits per heavy atom. The fourth-order valence-electron chi connectivity index (χ4n) is 2.25. The molecule has 0 radical (unpaired) electrons. The number of hydrogen-bond acceptors (Lipinski definition) is 0. The van der Waals surface area contributed by atoms with E-state index in [1.165, 1.54) is 27.8 Å². The van der Waals surface area contributed by atoms with Crippen LogP contribution in [0.15, 0.2) is 92.0 Å². The Morgan fingerprint density at radius 1 is 0.524 bits per heavy atom. The molecule has 0 N–H and O–H groups in total. The Balaban J connectivity index is 0.000000774. The molecule has 0 aliphatic rings. The van der Waals surface area contributed by atoms with Crippen LogP contribution in [0, 0.1) is 6.92 Å². The van der Waals surface area contributed by atoms with E-state index in [1.807, 2.05) is 6.07 Å². The van der Waals surface area contributed by atoms with Crippen LogP contribution < -0.4 is 0 Å². The maximum atomic E-state index is 3.00. The molecule has 0 spiro atoms.